The van der Waals surface area contributed by atoms with Gasteiger partial charge in [0.15, 0.2) is 0 Å². The van der Waals surface area contributed by atoms with Crippen LogP contribution in [0.4, 0.5) is 5.69 Å². The molecule has 0 bridgehead atoms. The SMILES string of the molecule is CC(C)(c1cc(N)cc(Cl)c1)c1ccc(C#N)s1. The normalized spacial score (nSPS) is 11.2. The molecule has 0 spiro atoms. The highest BCUT2D eigenvalue weighted by Crippen LogP contribution is 2.37. The van der Waals surface area contributed by atoms with E-state index in [1.165, 1.54) is 11.3 Å². The summed E-state index contributed by atoms with van der Waals surface area (Å²) in [7, 11) is 0. The summed E-state index contributed by atoms with van der Waals surface area (Å²) in [5, 5.41) is 9.53. The molecule has 0 aliphatic heterocycles. The van der Waals surface area contributed by atoms with Crippen LogP contribution in [-0.4, -0.2) is 0 Å². The fourth-order valence-electron chi connectivity index (χ4n) is 1.85. The van der Waals surface area contributed by atoms with E-state index in [4.69, 9.17) is 22.6 Å². The minimum atomic E-state index is -0.210. The van der Waals surface area contributed by atoms with Gasteiger partial charge in [0, 0.05) is 21.0 Å². The van der Waals surface area contributed by atoms with Crippen molar-refractivity contribution < 1.29 is 0 Å². The number of nitrogens with zero attached hydrogens (tertiary/aromatic N) is 1. The summed E-state index contributed by atoms with van der Waals surface area (Å²) in [5.41, 5.74) is 7.33. The third-order valence-electron chi connectivity index (χ3n) is 2.97. The summed E-state index contributed by atoms with van der Waals surface area (Å²) in [6.45, 7) is 4.20. The molecule has 0 saturated heterocycles. The first kappa shape index (κ1) is 12.9. The zero-order chi connectivity index (χ0) is 13.3. The number of nitrogen functional groups attached to an aromatic ring is 1. The van der Waals surface area contributed by atoms with Gasteiger partial charge in [0.1, 0.15) is 10.9 Å². The van der Waals surface area contributed by atoms with E-state index in [9.17, 15) is 0 Å². The maximum absolute atomic E-state index is 8.89. The average Bonchev–Trinajstić information content (AvgIpc) is 2.76. The maximum Gasteiger partial charge on any atom is 0.110 e. The van der Waals surface area contributed by atoms with E-state index in [0.717, 1.165) is 10.4 Å². The Morgan fingerprint density at radius 1 is 1.28 bits per heavy atom. The molecule has 2 nitrogen and oxygen atoms in total. The van der Waals surface area contributed by atoms with Crippen molar-refractivity contribution in [2.24, 2.45) is 0 Å². The van der Waals surface area contributed by atoms with Crippen LogP contribution in [0.5, 0.6) is 0 Å². The molecule has 2 N–H and O–H groups in total. The maximum atomic E-state index is 8.89. The highest BCUT2D eigenvalue weighted by atomic mass is 35.5. The Kier molecular flexibility index (Phi) is 3.34. The van der Waals surface area contributed by atoms with Crippen molar-refractivity contribution in [2.45, 2.75) is 19.3 Å². The monoisotopic (exact) mass is 276 g/mol. The molecular formula is C14H13ClN2S. The van der Waals surface area contributed by atoms with Crippen LogP contribution >= 0.6 is 22.9 Å². The molecule has 0 radical (unpaired) electrons. The van der Waals surface area contributed by atoms with Crippen molar-refractivity contribution in [3.05, 3.63) is 50.7 Å². The van der Waals surface area contributed by atoms with Gasteiger partial charge in [-0.1, -0.05) is 25.4 Å². The van der Waals surface area contributed by atoms with Gasteiger partial charge in [-0.2, -0.15) is 5.26 Å². The Morgan fingerprint density at radius 3 is 2.56 bits per heavy atom. The number of hydrogen-bond acceptors (Lipinski definition) is 3. The molecule has 0 amide bonds. The second-order valence-corrected chi connectivity index (χ2v) is 6.19. The summed E-state index contributed by atoms with van der Waals surface area (Å²) >= 11 is 7.55. The van der Waals surface area contributed by atoms with E-state index in [1.807, 2.05) is 24.3 Å². The van der Waals surface area contributed by atoms with Crippen molar-refractivity contribution >= 4 is 28.6 Å². The predicted octanol–water partition coefficient (Wildman–Crippen LogP) is 4.18. The van der Waals surface area contributed by atoms with Crippen molar-refractivity contribution in [2.75, 3.05) is 5.73 Å². The summed E-state index contributed by atoms with van der Waals surface area (Å²) < 4.78 is 0. The van der Waals surface area contributed by atoms with Crippen LogP contribution in [0.1, 0.15) is 29.2 Å². The summed E-state index contributed by atoms with van der Waals surface area (Å²) in [6, 6.07) is 11.6. The highest BCUT2D eigenvalue weighted by Gasteiger charge is 2.25. The number of benzene rings is 1. The summed E-state index contributed by atoms with van der Waals surface area (Å²) in [5.74, 6) is 0. The van der Waals surface area contributed by atoms with Crippen LogP contribution in [-0.2, 0) is 5.41 Å². The number of nitriles is 1. The van der Waals surface area contributed by atoms with Gasteiger partial charge >= 0.3 is 0 Å². The van der Waals surface area contributed by atoms with E-state index < -0.39 is 0 Å². The topological polar surface area (TPSA) is 49.8 Å². The Balaban J connectivity index is 2.50. The van der Waals surface area contributed by atoms with Crippen molar-refractivity contribution in [3.8, 4) is 6.07 Å². The molecule has 2 rings (SSSR count). The molecule has 1 aromatic carbocycles. The van der Waals surface area contributed by atoms with Gasteiger partial charge in [-0.15, -0.1) is 11.3 Å². The lowest BCUT2D eigenvalue weighted by Crippen LogP contribution is -2.17. The number of anilines is 1. The first-order chi connectivity index (χ1) is 8.43. The average molecular weight is 277 g/mol. The lowest BCUT2D eigenvalue weighted by atomic mass is 9.83. The quantitative estimate of drug-likeness (QED) is 0.837. The predicted molar refractivity (Wildman–Crippen MR) is 77.0 cm³/mol. The van der Waals surface area contributed by atoms with Crippen LogP contribution < -0.4 is 5.73 Å². The fraction of sp³-hybridized carbons (Fsp3) is 0.214. The summed E-state index contributed by atoms with van der Waals surface area (Å²) in [6.07, 6.45) is 0. The second kappa shape index (κ2) is 4.64. The molecule has 0 atom stereocenters. The number of rotatable bonds is 2. The molecule has 18 heavy (non-hydrogen) atoms. The van der Waals surface area contributed by atoms with Crippen LogP contribution in [0, 0.1) is 11.3 Å². The van der Waals surface area contributed by atoms with Crippen molar-refractivity contribution in [1.29, 1.82) is 5.26 Å². The zero-order valence-corrected chi connectivity index (χ0v) is 11.8. The molecule has 0 aliphatic carbocycles. The standard InChI is InChI=1S/C14H13ClN2S/c1-14(2,13-4-3-12(8-16)18-13)9-5-10(15)7-11(17)6-9/h3-7H,17H2,1-2H3. The smallest absolute Gasteiger partial charge is 0.110 e. The number of hydrogen-bond donors (Lipinski definition) is 1. The Hall–Kier alpha value is -1.50. The molecule has 0 saturated carbocycles. The molecular weight excluding hydrogens is 264 g/mol. The minimum Gasteiger partial charge on any atom is -0.399 e. The minimum absolute atomic E-state index is 0.210. The largest absolute Gasteiger partial charge is 0.399 e. The van der Waals surface area contributed by atoms with Crippen molar-refractivity contribution in [1.82, 2.24) is 0 Å². The van der Waals surface area contributed by atoms with Gasteiger partial charge in [0.2, 0.25) is 0 Å². The van der Waals surface area contributed by atoms with Crippen LogP contribution in [0.3, 0.4) is 0 Å². The fourth-order valence-corrected chi connectivity index (χ4v) is 3.02. The van der Waals surface area contributed by atoms with Gasteiger partial charge < -0.3 is 5.73 Å². The van der Waals surface area contributed by atoms with Gasteiger partial charge in [0.05, 0.1) is 0 Å². The number of thiophene rings is 1. The first-order valence-corrected chi connectivity index (χ1v) is 6.70. The lowest BCUT2D eigenvalue weighted by molar-refractivity contribution is 0.656. The second-order valence-electron chi connectivity index (χ2n) is 4.67. The summed E-state index contributed by atoms with van der Waals surface area (Å²) in [4.78, 5) is 1.84. The Morgan fingerprint density at radius 2 is 2.00 bits per heavy atom. The third kappa shape index (κ3) is 2.35. The zero-order valence-electron chi connectivity index (χ0n) is 10.2. The molecule has 92 valence electrons. The van der Waals surface area contributed by atoms with Crippen LogP contribution in [0.25, 0.3) is 0 Å². The Labute approximate surface area is 116 Å². The van der Waals surface area contributed by atoms with Gasteiger partial charge in [-0.25, -0.2) is 0 Å². The van der Waals surface area contributed by atoms with Gasteiger partial charge in [-0.05, 0) is 35.9 Å². The molecule has 1 aromatic heterocycles. The molecule has 0 unspecified atom stereocenters. The van der Waals surface area contributed by atoms with E-state index in [0.29, 0.717) is 15.6 Å². The molecule has 4 heteroatoms. The van der Waals surface area contributed by atoms with Crippen molar-refractivity contribution in [3.63, 3.8) is 0 Å². The van der Waals surface area contributed by atoms with Crippen LogP contribution in [0.15, 0.2) is 30.3 Å². The van der Waals surface area contributed by atoms with E-state index in [2.05, 4.69) is 19.9 Å². The molecule has 1 heterocycles. The molecule has 0 fully saturated rings. The van der Waals surface area contributed by atoms with E-state index >= 15 is 0 Å². The number of nitrogens with two attached hydrogens (primary N) is 1. The molecule has 0 aliphatic rings. The molecule has 2 aromatic rings. The third-order valence-corrected chi connectivity index (χ3v) is 4.51. The van der Waals surface area contributed by atoms with Gasteiger partial charge in [0.25, 0.3) is 0 Å². The van der Waals surface area contributed by atoms with E-state index in [-0.39, 0.29) is 5.41 Å². The number of halogens is 1. The van der Waals surface area contributed by atoms with Gasteiger partial charge in [-0.3, -0.25) is 0 Å². The van der Waals surface area contributed by atoms with Crippen LogP contribution in [0.2, 0.25) is 5.02 Å². The van der Waals surface area contributed by atoms with E-state index in [1.54, 1.807) is 6.07 Å². The Bertz CT molecular complexity index is 603. The lowest BCUT2D eigenvalue weighted by Gasteiger charge is -2.24. The highest BCUT2D eigenvalue weighted by molar-refractivity contribution is 7.12. The first-order valence-electron chi connectivity index (χ1n) is 5.50.